The van der Waals surface area contributed by atoms with Crippen LogP contribution >= 0.6 is 0 Å². The molecule has 2 aliphatic rings. The zero-order chi connectivity index (χ0) is 21.6. The molecule has 164 valence electrons. The van der Waals surface area contributed by atoms with Gasteiger partial charge in [-0.15, -0.1) is 0 Å². The van der Waals surface area contributed by atoms with Crippen molar-refractivity contribution in [2.45, 2.75) is 64.1 Å². The highest BCUT2D eigenvalue weighted by Crippen LogP contribution is 2.23. The number of rotatable bonds is 8. The first kappa shape index (κ1) is 21.7. The summed E-state index contributed by atoms with van der Waals surface area (Å²) in [5, 5.41) is 12.5. The monoisotopic (exact) mass is 420 g/mol. The average Bonchev–Trinajstić information content (AvgIpc) is 3.26. The first-order valence-corrected chi connectivity index (χ1v) is 11.5. The molecule has 2 aromatic carbocycles. The number of nitrogens with zero attached hydrogens (tertiary/aromatic N) is 1. The minimum atomic E-state index is -0.147. The second kappa shape index (κ2) is 10.2. The molecule has 5 nitrogen and oxygen atoms in total. The summed E-state index contributed by atoms with van der Waals surface area (Å²) < 4.78 is 0. The molecule has 1 aliphatic carbocycles. The third kappa shape index (κ3) is 6.02. The molecule has 0 spiro atoms. The number of carbonyl (C=O) groups is 2. The van der Waals surface area contributed by atoms with Gasteiger partial charge in [0.2, 0.25) is 5.91 Å². The second-order valence-electron chi connectivity index (χ2n) is 8.86. The third-order valence-electron chi connectivity index (χ3n) is 6.48. The van der Waals surface area contributed by atoms with Crippen molar-refractivity contribution in [2.75, 3.05) is 13.1 Å². The Morgan fingerprint density at radius 1 is 0.935 bits per heavy atom. The van der Waals surface area contributed by atoms with Crippen molar-refractivity contribution in [1.82, 2.24) is 10.2 Å². The molecule has 4 rings (SSSR count). The summed E-state index contributed by atoms with van der Waals surface area (Å²) in [5.41, 5.74) is 5.67. The van der Waals surface area contributed by atoms with E-state index in [1.54, 1.807) is 0 Å². The fourth-order valence-electron chi connectivity index (χ4n) is 4.50. The molecule has 2 N–H and O–H groups in total. The molecule has 0 atom stereocenters. The maximum Gasteiger partial charge on any atom is 0.220 e. The highest BCUT2D eigenvalue weighted by Gasteiger charge is 2.17. The van der Waals surface area contributed by atoms with E-state index in [1.807, 2.05) is 24.3 Å². The second-order valence-corrected chi connectivity index (χ2v) is 8.86. The van der Waals surface area contributed by atoms with E-state index in [0.717, 1.165) is 56.4 Å². The molecule has 0 radical (unpaired) electrons. The lowest BCUT2D eigenvalue weighted by Gasteiger charge is -2.29. The van der Waals surface area contributed by atoms with E-state index >= 15 is 0 Å². The third-order valence-corrected chi connectivity index (χ3v) is 6.48. The minimum absolute atomic E-state index is 0.0411. The molecule has 31 heavy (non-hydrogen) atoms. The number of aryl methyl sites for hydroxylation is 2. The maximum atomic E-state index is 12.4. The number of aliphatic hydroxyl groups excluding tert-OH is 1. The van der Waals surface area contributed by atoms with Crippen LogP contribution in [0.4, 0.5) is 0 Å². The Kier molecular flexibility index (Phi) is 7.15. The van der Waals surface area contributed by atoms with Crippen LogP contribution in [-0.2, 0) is 30.7 Å². The standard InChI is InChI=1S/C26H32N2O3/c29-24-12-14-28(15-13-24)18-20-6-4-19(5-7-20)17-27-26(31)11-10-25(30)23-9-8-21-2-1-3-22(21)16-23/h4-9,16,24,29H,1-3,10-15,17-18H2,(H,27,31). The van der Waals surface area contributed by atoms with Gasteiger partial charge >= 0.3 is 0 Å². The molecule has 1 heterocycles. The van der Waals surface area contributed by atoms with Crippen LogP contribution in [0.2, 0.25) is 0 Å². The molecule has 0 bridgehead atoms. The van der Waals surface area contributed by atoms with Crippen LogP contribution in [0, 0.1) is 0 Å². The maximum absolute atomic E-state index is 12.4. The van der Waals surface area contributed by atoms with Crippen LogP contribution < -0.4 is 5.32 Å². The summed E-state index contributed by atoms with van der Waals surface area (Å²) in [6, 6.07) is 14.3. The van der Waals surface area contributed by atoms with Gasteiger partial charge in [0.05, 0.1) is 6.10 Å². The number of benzene rings is 2. The number of hydrogen-bond acceptors (Lipinski definition) is 4. The predicted molar refractivity (Wildman–Crippen MR) is 121 cm³/mol. The topological polar surface area (TPSA) is 69.6 Å². The van der Waals surface area contributed by atoms with Gasteiger partial charge in [-0.2, -0.15) is 0 Å². The van der Waals surface area contributed by atoms with Gasteiger partial charge in [0.25, 0.3) is 0 Å². The Hall–Kier alpha value is -2.50. The summed E-state index contributed by atoms with van der Waals surface area (Å²) >= 11 is 0. The van der Waals surface area contributed by atoms with Crippen molar-refractivity contribution in [3.8, 4) is 0 Å². The number of amides is 1. The van der Waals surface area contributed by atoms with Crippen LogP contribution in [0.1, 0.15) is 64.7 Å². The summed E-state index contributed by atoms with van der Waals surface area (Å²) in [5.74, 6) is -0.0510. The number of carbonyl (C=O) groups excluding carboxylic acids is 2. The van der Waals surface area contributed by atoms with Crippen LogP contribution in [0.5, 0.6) is 0 Å². The zero-order valence-corrected chi connectivity index (χ0v) is 18.1. The lowest BCUT2D eigenvalue weighted by molar-refractivity contribution is -0.121. The molecular weight excluding hydrogens is 388 g/mol. The van der Waals surface area contributed by atoms with E-state index in [0.29, 0.717) is 6.54 Å². The van der Waals surface area contributed by atoms with Gasteiger partial charge in [-0.1, -0.05) is 36.4 Å². The van der Waals surface area contributed by atoms with Gasteiger partial charge in [0.1, 0.15) is 0 Å². The van der Waals surface area contributed by atoms with Crippen LogP contribution in [0.25, 0.3) is 0 Å². The first-order valence-electron chi connectivity index (χ1n) is 11.5. The molecule has 1 amide bonds. The summed E-state index contributed by atoms with van der Waals surface area (Å²) in [6.07, 6.45) is 5.33. The molecular formula is C26H32N2O3. The summed E-state index contributed by atoms with van der Waals surface area (Å²) in [4.78, 5) is 27.0. The molecule has 1 fully saturated rings. The number of aliphatic hydroxyl groups is 1. The van der Waals surface area contributed by atoms with Crippen molar-refractivity contribution in [1.29, 1.82) is 0 Å². The molecule has 0 saturated carbocycles. The lowest BCUT2D eigenvalue weighted by Crippen LogP contribution is -2.35. The average molecular weight is 421 g/mol. The van der Waals surface area contributed by atoms with E-state index in [2.05, 4.69) is 28.4 Å². The van der Waals surface area contributed by atoms with Gasteiger partial charge in [-0.25, -0.2) is 0 Å². The van der Waals surface area contributed by atoms with E-state index < -0.39 is 0 Å². The molecule has 2 aromatic rings. The number of piperidine rings is 1. The predicted octanol–water partition coefficient (Wildman–Crippen LogP) is 3.41. The number of ketones is 1. The molecule has 0 unspecified atom stereocenters. The van der Waals surface area contributed by atoms with Gasteiger partial charge < -0.3 is 10.4 Å². The smallest absolute Gasteiger partial charge is 0.220 e. The summed E-state index contributed by atoms with van der Waals surface area (Å²) in [7, 11) is 0. The number of fused-ring (bicyclic) bond motifs is 1. The van der Waals surface area contributed by atoms with E-state index in [-0.39, 0.29) is 30.6 Å². The van der Waals surface area contributed by atoms with E-state index in [9.17, 15) is 14.7 Å². The first-order chi connectivity index (χ1) is 15.1. The molecule has 5 heteroatoms. The van der Waals surface area contributed by atoms with Gasteiger partial charge in [-0.3, -0.25) is 14.5 Å². The number of nitrogens with one attached hydrogen (secondary N) is 1. The highest BCUT2D eigenvalue weighted by atomic mass is 16.3. The van der Waals surface area contributed by atoms with Gasteiger partial charge in [0.15, 0.2) is 5.78 Å². The van der Waals surface area contributed by atoms with E-state index in [4.69, 9.17) is 0 Å². The Bertz CT molecular complexity index is 915. The number of Topliss-reactive ketones (excluding diaryl/α,β-unsaturated/α-hetero) is 1. The van der Waals surface area contributed by atoms with Gasteiger partial charge in [-0.05, 0) is 60.4 Å². The van der Waals surface area contributed by atoms with Crippen LogP contribution in [-0.4, -0.2) is 40.9 Å². The zero-order valence-electron chi connectivity index (χ0n) is 18.1. The van der Waals surface area contributed by atoms with Gasteiger partial charge in [0, 0.05) is 44.6 Å². The number of hydrogen-bond donors (Lipinski definition) is 2. The fourth-order valence-corrected chi connectivity index (χ4v) is 4.50. The van der Waals surface area contributed by atoms with Crippen molar-refractivity contribution in [2.24, 2.45) is 0 Å². The van der Waals surface area contributed by atoms with Crippen molar-refractivity contribution >= 4 is 11.7 Å². The molecule has 1 aliphatic heterocycles. The van der Waals surface area contributed by atoms with Crippen molar-refractivity contribution < 1.29 is 14.7 Å². The molecule has 0 aromatic heterocycles. The SMILES string of the molecule is O=C(CCC(=O)c1ccc2c(c1)CCC2)NCc1ccc(CN2CCC(O)CC2)cc1. The molecule has 1 saturated heterocycles. The van der Waals surface area contributed by atoms with Crippen LogP contribution in [0.15, 0.2) is 42.5 Å². The summed E-state index contributed by atoms with van der Waals surface area (Å²) in [6.45, 7) is 3.23. The lowest BCUT2D eigenvalue weighted by atomic mass is 10.0. The normalized spacial score (nSPS) is 16.8. The fraction of sp³-hybridized carbons (Fsp3) is 0.462. The van der Waals surface area contributed by atoms with Crippen LogP contribution in [0.3, 0.4) is 0 Å². The Morgan fingerprint density at radius 2 is 1.65 bits per heavy atom. The van der Waals surface area contributed by atoms with Crippen molar-refractivity contribution in [3.05, 3.63) is 70.3 Å². The van der Waals surface area contributed by atoms with Crippen molar-refractivity contribution in [3.63, 3.8) is 0 Å². The Labute approximate surface area is 184 Å². The largest absolute Gasteiger partial charge is 0.393 e. The quantitative estimate of drug-likeness (QED) is 0.642. The minimum Gasteiger partial charge on any atom is -0.393 e. The highest BCUT2D eigenvalue weighted by molar-refractivity contribution is 5.98. The Balaban J connectivity index is 1.18. The Morgan fingerprint density at radius 3 is 2.42 bits per heavy atom. The van der Waals surface area contributed by atoms with E-state index in [1.165, 1.54) is 23.1 Å². The number of likely N-dealkylation sites (tertiary alicyclic amines) is 1.